The van der Waals surface area contributed by atoms with Crippen LogP contribution in [-0.4, -0.2) is 34.9 Å². The Balaban J connectivity index is 2.84. The van der Waals surface area contributed by atoms with E-state index in [-0.39, 0.29) is 34.8 Å². The molecular formula is C12H15ClFN3O2. The fraction of sp³-hybridized carbons (Fsp3) is 0.333. The summed E-state index contributed by atoms with van der Waals surface area (Å²) in [6.07, 6.45) is 0.217. The first kappa shape index (κ1) is 15.2. The largest absolute Gasteiger partial charge is 0.409 e. The highest BCUT2D eigenvalue weighted by Crippen LogP contribution is 2.17. The molecule has 0 saturated heterocycles. The Morgan fingerprint density at radius 1 is 1.63 bits per heavy atom. The lowest BCUT2D eigenvalue weighted by atomic mass is 10.1. The highest BCUT2D eigenvalue weighted by Gasteiger charge is 2.19. The zero-order valence-corrected chi connectivity index (χ0v) is 11.4. The number of nitrogens with zero attached hydrogens (tertiary/aromatic N) is 2. The molecule has 7 heteroatoms. The number of amidine groups is 1. The zero-order chi connectivity index (χ0) is 14.6. The maximum Gasteiger partial charge on any atom is 0.253 e. The number of benzene rings is 1. The molecule has 1 atom stereocenters. The molecule has 19 heavy (non-hydrogen) atoms. The van der Waals surface area contributed by atoms with E-state index >= 15 is 0 Å². The Morgan fingerprint density at radius 2 is 2.26 bits per heavy atom. The van der Waals surface area contributed by atoms with Gasteiger partial charge in [-0.05, 0) is 25.1 Å². The summed E-state index contributed by atoms with van der Waals surface area (Å²) in [6.45, 7) is 1.74. The summed E-state index contributed by atoms with van der Waals surface area (Å²) in [5.41, 5.74) is 5.57. The third kappa shape index (κ3) is 3.82. The number of rotatable bonds is 4. The van der Waals surface area contributed by atoms with E-state index in [1.54, 1.807) is 14.0 Å². The highest BCUT2D eigenvalue weighted by atomic mass is 35.5. The molecule has 5 nitrogen and oxygen atoms in total. The predicted molar refractivity (Wildman–Crippen MR) is 71.0 cm³/mol. The summed E-state index contributed by atoms with van der Waals surface area (Å²) >= 11 is 5.56. The molecule has 1 amide bonds. The molecule has 1 rings (SSSR count). The molecule has 104 valence electrons. The van der Waals surface area contributed by atoms with Gasteiger partial charge >= 0.3 is 0 Å². The molecule has 1 unspecified atom stereocenters. The summed E-state index contributed by atoms with van der Waals surface area (Å²) in [5, 5.41) is 11.3. The molecule has 0 bridgehead atoms. The fourth-order valence-electron chi connectivity index (χ4n) is 1.51. The zero-order valence-electron chi connectivity index (χ0n) is 10.6. The van der Waals surface area contributed by atoms with Crippen LogP contribution in [0.2, 0.25) is 5.02 Å². The molecule has 0 heterocycles. The minimum Gasteiger partial charge on any atom is -0.409 e. The topological polar surface area (TPSA) is 78.9 Å². The molecule has 0 aliphatic carbocycles. The lowest BCUT2D eigenvalue weighted by molar-refractivity contribution is 0.0746. The maximum absolute atomic E-state index is 13.3. The fourth-order valence-corrected chi connectivity index (χ4v) is 1.63. The van der Waals surface area contributed by atoms with Crippen molar-refractivity contribution < 1.29 is 14.4 Å². The van der Waals surface area contributed by atoms with Gasteiger partial charge in [-0.1, -0.05) is 16.8 Å². The highest BCUT2D eigenvalue weighted by molar-refractivity contribution is 6.30. The Morgan fingerprint density at radius 3 is 2.79 bits per heavy atom. The van der Waals surface area contributed by atoms with Gasteiger partial charge in [0.05, 0.1) is 5.02 Å². The summed E-state index contributed by atoms with van der Waals surface area (Å²) in [4.78, 5) is 13.5. The van der Waals surface area contributed by atoms with Gasteiger partial charge in [0, 0.05) is 25.1 Å². The van der Waals surface area contributed by atoms with E-state index in [0.29, 0.717) is 0 Å². The van der Waals surface area contributed by atoms with E-state index in [2.05, 4.69) is 5.16 Å². The first-order valence-corrected chi connectivity index (χ1v) is 5.93. The molecule has 0 aliphatic rings. The molecule has 0 saturated carbocycles. The van der Waals surface area contributed by atoms with Gasteiger partial charge in [0.2, 0.25) is 0 Å². The van der Waals surface area contributed by atoms with Crippen molar-refractivity contribution in [3.05, 3.63) is 34.6 Å². The van der Waals surface area contributed by atoms with Crippen molar-refractivity contribution in [1.29, 1.82) is 0 Å². The average Bonchev–Trinajstić information content (AvgIpc) is 2.39. The smallest absolute Gasteiger partial charge is 0.253 e. The summed E-state index contributed by atoms with van der Waals surface area (Å²) in [7, 11) is 1.56. The third-order valence-electron chi connectivity index (χ3n) is 2.78. The Kier molecular flexibility index (Phi) is 5.11. The van der Waals surface area contributed by atoms with Crippen molar-refractivity contribution in [2.24, 2.45) is 10.9 Å². The maximum atomic E-state index is 13.3. The summed E-state index contributed by atoms with van der Waals surface area (Å²) in [5.74, 6) is -0.992. The molecule has 0 fully saturated rings. The number of oxime groups is 1. The van der Waals surface area contributed by atoms with E-state index in [9.17, 15) is 9.18 Å². The van der Waals surface area contributed by atoms with Crippen LogP contribution in [-0.2, 0) is 0 Å². The van der Waals surface area contributed by atoms with Gasteiger partial charge in [0.25, 0.3) is 5.91 Å². The lowest BCUT2D eigenvalue weighted by Gasteiger charge is -2.24. The number of hydrogen-bond donors (Lipinski definition) is 2. The Hall–Kier alpha value is -1.82. The van der Waals surface area contributed by atoms with E-state index in [4.69, 9.17) is 22.5 Å². The minimum atomic E-state index is -0.648. The summed E-state index contributed by atoms with van der Waals surface area (Å²) < 4.78 is 13.3. The first-order chi connectivity index (χ1) is 8.86. The number of carbonyl (C=O) groups is 1. The van der Waals surface area contributed by atoms with Crippen molar-refractivity contribution in [2.45, 2.75) is 19.4 Å². The molecule has 0 radical (unpaired) electrons. The SMILES string of the molecule is CC(C/C(N)=N/O)N(C)C(=O)c1ccc(Cl)c(F)c1. The van der Waals surface area contributed by atoms with Crippen molar-refractivity contribution in [1.82, 2.24) is 4.90 Å². The number of amides is 1. The predicted octanol–water partition coefficient (Wildman–Crippen LogP) is 2.08. The lowest BCUT2D eigenvalue weighted by Crippen LogP contribution is -2.37. The van der Waals surface area contributed by atoms with E-state index < -0.39 is 5.82 Å². The monoisotopic (exact) mass is 287 g/mol. The van der Waals surface area contributed by atoms with Crippen LogP contribution in [0.15, 0.2) is 23.4 Å². The number of hydrogen-bond acceptors (Lipinski definition) is 3. The second-order valence-corrected chi connectivity index (χ2v) is 4.60. The van der Waals surface area contributed by atoms with Gasteiger partial charge < -0.3 is 15.8 Å². The molecule has 0 aromatic heterocycles. The average molecular weight is 288 g/mol. The molecule has 3 N–H and O–H groups in total. The van der Waals surface area contributed by atoms with Crippen LogP contribution in [0.4, 0.5) is 4.39 Å². The van der Waals surface area contributed by atoms with Crippen LogP contribution < -0.4 is 5.73 Å². The second kappa shape index (κ2) is 6.38. The van der Waals surface area contributed by atoms with E-state index in [1.165, 1.54) is 17.0 Å². The van der Waals surface area contributed by atoms with Crippen LogP contribution in [0.1, 0.15) is 23.7 Å². The molecule has 0 spiro atoms. The van der Waals surface area contributed by atoms with Crippen LogP contribution in [0, 0.1) is 5.82 Å². The number of halogens is 2. The van der Waals surface area contributed by atoms with Gasteiger partial charge in [0.15, 0.2) is 0 Å². The number of carbonyl (C=O) groups excluding carboxylic acids is 1. The Labute approximate surface area is 115 Å². The van der Waals surface area contributed by atoms with Gasteiger partial charge in [-0.25, -0.2) is 4.39 Å². The second-order valence-electron chi connectivity index (χ2n) is 4.19. The van der Waals surface area contributed by atoms with Crippen LogP contribution in [0.25, 0.3) is 0 Å². The Bertz CT molecular complexity index is 508. The minimum absolute atomic E-state index is 0.0226. The van der Waals surface area contributed by atoms with E-state index in [0.717, 1.165) is 6.07 Å². The van der Waals surface area contributed by atoms with Crippen molar-refractivity contribution in [2.75, 3.05) is 7.05 Å². The van der Waals surface area contributed by atoms with Gasteiger partial charge in [-0.15, -0.1) is 0 Å². The van der Waals surface area contributed by atoms with Crippen molar-refractivity contribution in [3.8, 4) is 0 Å². The van der Waals surface area contributed by atoms with Gasteiger partial charge in [-0.3, -0.25) is 4.79 Å². The van der Waals surface area contributed by atoms with Crippen molar-refractivity contribution >= 4 is 23.3 Å². The van der Waals surface area contributed by atoms with Crippen LogP contribution in [0.5, 0.6) is 0 Å². The van der Waals surface area contributed by atoms with Gasteiger partial charge in [-0.2, -0.15) is 0 Å². The normalized spacial score (nSPS) is 13.2. The number of nitrogens with two attached hydrogens (primary N) is 1. The van der Waals surface area contributed by atoms with Crippen LogP contribution in [0.3, 0.4) is 0 Å². The molecule has 0 aliphatic heterocycles. The molecule has 1 aromatic carbocycles. The molecular weight excluding hydrogens is 273 g/mol. The van der Waals surface area contributed by atoms with Crippen molar-refractivity contribution in [3.63, 3.8) is 0 Å². The first-order valence-electron chi connectivity index (χ1n) is 5.55. The van der Waals surface area contributed by atoms with E-state index in [1.807, 2.05) is 0 Å². The standard InChI is InChI=1S/C12H15ClFN3O2/c1-7(5-11(15)16-19)17(2)12(18)8-3-4-9(13)10(14)6-8/h3-4,6-7,19H,5H2,1-2H3,(H2,15,16). The third-order valence-corrected chi connectivity index (χ3v) is 3.09. The van der Waals surface area contributed by atoms with Gasteiger partial charge in [0.1, 0.15) is 11.7 Å². The quantitative estimate of drug-likeness (QED) is 0.385. The summed E-state index contributed by atoms with van der Waals surface area (Å²) in [6, 6.07) is 3.56. The molecule has 1 aromatic rings. The van der Waals surface area contributed by atoms with Crippen LogP contribution >= 0.6 is 11.6 Å².